The van der Waals surface area contributed by atoms with Crippen LogP contribution < -0.4 is 0 Å². The average molecular weight is 244 g/mol. The zero-order chi connectivity index (χ0) is 13.3. The van der Waals surface area contributed by atoms with E-state index < -0.39 is 6.10 Å². The molecule has 3 nitrogen and oxygen atoms in total. The van der Waals surface area contributed by atoms with E-state index in [4.69, 9.17) is 0 Å². The summed E-state index contributed by atoms with van der Waals surface area (Å²) in [4.78, 5) is 0. The van der Waals surface area contributed by atoms with Crippen LogP contribution in [-0.2, 0) is 13.5 Å². The summed E-state index contributed by atoms with van der Waals surface area (Å²) in [6.07, 6.45) is 1.97. The van der Waals surface area contributed by atoms with Gasteiger partial charge in [-0.2, -0.15) is 5.10 Å². The van der Waals surface area contributed by atoms with Crippen molar-refractivity contribution >= 4 is 0 Å². The number of hydrogen-bond acceptors (Lipinski definition) is 2. The first-order valence-electron chi connectivity index (χ1n) is 6.21. The van der Waals surface area contributed by atoms with Crippen LogP contribution in [0, 0.1) is 20.8 Å². The lowest BCUT2D eigenvalue weighted by atomic mass is 9.95. The third-order valence-corrected chi connectivity index (χ3v) is 3.41. The third-order valence-electron chi connectivity index (χ3n) is 3.41. The molecule has 1 heterocycles. The van der Waals surface area contributed by atoms with Gasteiger partial charge in [0.05, 0.1) is 11.8 Å². The molecule has 3 heteroatoms. The number of benzene rings is 1. The Morgan fingerprint density at radius 3 is 2.44 bits per heavy atom. The average Bonchev–Trinajstić information content (AvgIpc) is 2.69. The van der Waals surface area contributed by atoms with Gasteiger partial charge in [-0.05, 0) is 49.1 Å². The fourth-order valence-electron chi connectivity index (χ4n) is 2.22. The summed E-state index contributed by atoms with van der Waals surface area (Å²) in [7, 11) is 1.89. The predicted molar refractivity (Wildman–Crippen MR) is 72.5 cm³/mol. The van der Waals surface area contributed by atoms with Crippen molar-refractivity contribution < 1.29 is 5.11 Å². The summed E-state index contributed by atoms with van der Waals surface area (Å²) >= 11 is 0. The number of nitrogens with zero attached hydrogens (tertiary/aromatic N) is 2. The Bertz CT molecular complexity index is 558. The Morgan fingerprint density at radius 1 is 1.17 bits per heavy atom. The molecule has 0 radical (unpaired) electrons. The molecule has 96 valence electrons. The van der Waals surface area contributed by atoms with Gasteiger partial charge in [-0.25, -0.2) is 0 Å². The van der Waals surface area contributed by atoms with E-state index in [9.17, 15) is 5.11 Å². The molecule has 0 aliphatic heterocycles. The van der Waals surface area contributed by atoms with Crippen LogP contribution in [0.4, 0.5) is 0 Å². The number of aliphatic hydroxyl groups is 1. The highest BCUT2D eigenvalue weighted by atomic mass is 16.3. The van der Waals surface area contributed by atoms with Crippen molar-refractivity contribution in [1.82, 2.24) is 9.78 Å². The zero-order valence-corrected chi connectivity index (χ0v) is 11.4. The molecule has 1 unspecified atom stereocenters. The first-order chi connectivity index (χ1) is 8.47. The minimum Gasteiger partial charge on any atom is -0.388 e. The highest BCUT2D eigenvalue weighted by molar-refractivity contribution is 5.38. The molecule has 18 heavy (non-hydrogen) atoms. The lowest BCUT2D eigenvalue weighted by Gasteiger charge is -2.15. The van der Waals surface area contributed by atoms with Crippen LogP contribution in [0.25, 0.3) is 0 Å². The van der Waals surface area contributed by atoms with Crippen molar-refractivity contribution in [3.63, 3.8) is 0 Å². The molecule has 0 aliphatic rings. The lowest BCUT2D eigenvalue weighted by molar-refractivity contribution is 0.176. The molecule has 1 N–H and O–H groups in total. The van der Waals surface area contributed by atoms with Gasteiger partial charge in [0, 0.05) is 19.7 Å². The highest BCUT2D eigenvalue weighted by Crippen LogP contribution is 2.24. The summed E-state index contributed by atoms with van der Waals surface area (Å²) in [6.45, 7) is 6.21. The summed E-state index contributed by atoms with van der Waals surface area (Å²) < 4.78 is 1.76. The minimum atomic E-state index is -0.487. The molecule has 0 aliphatic carbocycles. The Kier molecular flexibility index (Phi) is 3.53. The van der Waals surface area contributed by atoms with Crippen molar-refractivity contribution in [2.24, 2.45) is 7.05 Å². The molecule has 0 spiro atoms. The quantitative estimate of drug-likeness (QED) is 0.901. The smallest absolute Gasteiger partial charge is 0.0848 e. The van der Waals surface area contributed by atoms with Crippen molar-refractivity contribution in [3.8, 4) is 0 Å². The van der Waals surface area contributed by atoms with E-state index in [-0.39, 0.29) is 0 Å². The summed E-state index contributed by atoms with van der Waals surface area (Å²) in [5.74, 6) is 0. The van der Waals surface area contributed by atoms with Gasteiger partial charge in [0.25, 0.3) is 0 Å². The topological polar surface area (TPSA) is 38.0 Å². The maximum absolute atomic E-state index is 10.3. The molecule has 0 fully saturated rings. The Morgan fingerprint density at radius 2 is 1.83 bits per heavy atom. The van der Waals surface area contributed by atoms with Gasteiger partial charge in [-0.15, -0.1) is 0 Å². The second kappa shape index (κ2) is 4.94. The normalized spacial score (nSPS) is 12.7. The third kappa shape index (κ3) is 2.62. The van der Waals surface area contributed by atoms with Crippen LogP contribution in [0.3, 0.4) is 0 Å². The summed E-state index contributed by atoms with van der Waals surface area (Å²) in [5, 5.41) is 14.6. The second-order valence-electron chi connectivity index (χ2n) is 4.99. The van der Waals surface area contributed by atoms with Gasteiger partial charge in [-0.1, -0.05) is 12.1 Å². The number of aryl methyl sites for hydroxylation is 4. The number of hydrogen-bond donors (Lipinski definition) is 1. The second-order valence-corrected chi connectivity index (χ2v) is 4.99. The van der Waals surface area contributed by atoms with Crippen molar-refractivity contribution in [3.05, 3.63) is 52.3 Å². The molecular weight excluding hydrogens is 224 g/mol. The van der Waals surface area contributed by atoms with E-state index in [1.807, 2.05) is 26.2 Å². The SMILES string of the molecule is Cc1cc(C)c(C(O)Cc2ccn(C)n2)cc1C. The van der Waals surface area contributed by atoms with Crippen molar-refractivity contribution in [2.45, 2.75) is 33.3 Å². The van der Waals surface area contributed by atoms with Crippen molar-refractivity contribution in [1.29, 1.82) is 0 Å². The first kappa shape index (κ1) is 12.8. The van der Waals surface area contributed by atoms with Gasteiger partial charge in [0.2, 0.25) is 0 Å². The Hall–Kier alpha value is -1.61. The highest BCUT2D eigenvalue weighted by Gasteiger charge is 2.13. The standard InChI is InChI=1S/C15H20N2O/c1-10-7-12(3)14(8-11(10)2)15(18)9-13-5-6-17(4)16-13/h5-8,15,18H,9H2,1-4H3. The molecule has 0 bridgehead atoms. The fourth-order valence-corrected chi connectivity index (χ4v) is 2.22. The number of rotatable bonds is 3. The van der Waals surface area contributed by atoms with Gasteiger partial charge in [-0.3, -0.25) is 4.68 Å². The number of aromatic nitrogens is 2. The van der Waals surface area contributed by atoms with E-state index in [1.54, 1.807) is 4.68 Å². The van der Waals surface area contributed by atoms with Gasteiger partial charge < -0.3 is 5.11 Å². The molecule has 0 amide bonds. The van der Waals surface area contributed by atoms with Crippen molar-refractivity contribution in [2.75, 3.05) is 0 Å². The molecule has 1 aromatic heterocycles. The van der Waals surface area contributed by atoms with E-state index >= 15 is 0 Å². The van der Waals surface area contributed by atoms with Gasteiger partial charge in [0.1, 0.15) is 0 Å². The summed E-state index contributed by atoms with van der Waals surface area (Å²) in [5.41, 5.74) is 5.55. The van der Waals surface area contributed by atoms with E-state index in [0.29, 0.717) is 6.42 Å². The molecule has 2 aromatic rings. The first-order valence-corrected chi connectivity index (χ1v) is 6.21. The number of aliphatic hydroxyl groups excluding tert-OH is 1. The lowest BCUT2D eigenvalue weighted by Crippen LogP contribution is -2.06. The minimum absolute atomic E-state index is 0.487. The van der Waals surface area contributed by atoms with Gasteiger partial charge >= 0.3 is 0 Å². The maximum atomic E-state index is 10.3. The molecule has 1 aromatic carbocycles. The Labute approximate surface area is 108 Å². The largest absolute Gasteiger partial charge is 0.388 e. The van der Waals surface area contributed by atoms with Crippen LogP contribution in [0.1, 0.15) is 34.1 Å². The molecule has 0 saturated carbocycles. The van der Waals surface area contributed by atoms with Crippen LogP contribution in [0.2, 0.25) is 0 Å². The van der Waals surface area contributed by atoms with Crippen LogP contribution in [0.5, 0.6) is 0 Å². The van der Waals surface area contributed by atoms with Crippen LogP contribution >= 0.6 is 0 Å². The zero-order valence-electron chi connectivity index (χ0n) is 11.4. The van der Waals surface area contributed by atoms with E-state index in [1.165, 1.54) is 11.1 Å². The van der Waals surface area contributed by atoms with Gasteiger partial charge in [0.15, 0.2) is 0 Å². The fraction of sp³-hybridized carbons (Fsp3) is 0.400. The molecule has 0 saturated heterocycles. The predicted octanol–water partition coefficient (Wildman–Crippen LogP) is 2.62. The van der Waals surface area contributed by atoms with Crippen LogP contribution in [0.15, 0.2) is 24.4 Å². The maximum Gasteiger partial charge on any atom is 0.0848 e. The monoisotopic (exact) mass is 244 g/mol. The van der Waals surface area contributed by atoms with Crippen LogP contribution in [-0.4, -0.2) is 14.9 Å². The molecule has 1 atom stereocenters. The Balaban J connectivity index is 2.23. The molecule has 2 rings (SSSR count). The van der Waals surface area contributed by atoms with E-state index in [0.717, 1.165) is 16.8 Å². The molecular formula is C15H20N2O. The van der Waals surface area contributed by atoms with E-state index in [2.05, 4.69) is 31.1 Å². The summed E-state index contributed by atoms with van der Waals surface area (Å²) in [6, 6.07) is 6.16.